The number of aldehydes is 1. The van der Waals surface area contributed by atoms with Crippen LogP contribution in [0.5, 0.6) is 5.75 Å². The summed E-state index contributed by atoms with van der Waals surface area (Å²) in [6, 6.07) is 3.00. The van der Waals surface area contributed by atoms with E-state index >= 15 is 0 Å². The Bertz CT molecular complexity index is 433. The summed E-state index contributed by atoms with van der Waals surface area (Å²) in [7, 11) is 0. The number of phenols is 1. The molecule has 0 aliphatic rings. The minimum Gasteiger partial charge on any atom is -0.507 e. The van der Waals surface area contributed by atoms with E-state index in [0.717, 1.165) is 0 Å². The number of carbonyl (C=O) groups excluding carboxylic acids is 1. The first-order valence-electron chi connectivity index (χ1n) is 3.33. The van der Waals surface area contributed by atoms with Crippen LogP contribution >= 0.6 is 0 Å². The topological polar surface area (TPSA) is 63.3 Å². The fraction of sp³-hybridized carbons (Fsp3) is 0. The SMILES string of the molecule is O=Cc1c(O)ccc2ncoc12. The van der Waals surface area contributed by atoms with Crippen molar-refractivity contribution in [3.63, 3.8) is 0 Å². The monoisotopic (exact) mass is 163 g/mol. The molecule has 0 radical (unpaired) electrons. The first-order valence-corrected chi connectivity index (χ1v) is 3.33. The molecule has 0 atom stereocenters. The van der Waals surface area contributed by atoms with Gasteiger partial charge in [-0.05, 0) is 12.1 Å². The maximum absolute atomic E-state index is 10.5. The first-order chi connectivity index (χ1) is 5.83. The van der Waals surface area contributed by atoms with Crippen LogP contribution in [-0.2, 0) is 0 Å². The lowest BCUT2D eigenvalue weighted by Crippen LogP contribution is -1.81. The Labute approximate surface area is 67.4 Å². The van der Waals surface area contributed by atoms with Gasteiger partial charge in [0.2, 0.25) is 0 Å². The van der Waals surface area contributed by atoms with Crippen LogP contribution in [0.2, 0.25) is 0 Å². The first kappa shape index (κ1) is 6.84. The zero-order valence-electron chi connectivity index (χ0n) is 6.02. The van der Waals surface area contributed by atoms with Crippen molar-refractivity contribution < 1.29 is 14.3 Å². The molecule has 0 bridgehead atoms. The quantitative estimate of drug-likeness (QED) is 0.644. The molecule has 0 aliphatic heterocycles. The van der Waals surface area contributed by atoms with Crippen LogP contribution in [-0.4, -0.2) is 16.4 Å². The number of benzene rings is 1. The van der Waals surface area contributed by atoms with Gasteiger partial charge in [-0.25, -0.2) is 4.98 Å². The molecule has 12 heavy (non-hydrogen) atoms. The molecular weight excluding hydrogens is 158 g/mol. The average molecular weight is 163 g/mol. The number of phenolic OH excluding ortho intramolecular Hbond substituents is 1. The smallest absolute Gasteiger partial charge is 0.182 e. The van der Waals surface area contributed by atoms with Crippen LogP contribution < -0.4 is 0 Å². The average Bonchev–Trinajstić information content (AvgIpc) is 2.52. The fourth-order valence-electron chi connectivity index (χ4n) is 1.05. The van der Waals surface area contributed by atoms with Crippen molar-refractivity contribution in [2.75, 3.05) is 0 Å². The molecule has 2 aromatic rings. The molecule has 0 unspecified atom stereocenters. The highest BCUT2D eigenvalue weighted by Gasteiger charge is 2.08. The Morgan fingerprint density at radius 1 is 1.50 bits per heavy atom. The number of fused-ring (bicyclic) bond motifs is 1. The van der Waals surface area contributed by atoms with E-state index in [9.17, 15) is 9.90 Å². The fourth-order valence-corrected chi connectivity index (χ4v) is 1.05. The lowest BCUT2D eigenvalue weighted by Gasteiger charge is -1.94. The number of aromatic nitrogens is 1. The number of hydrogen-bond donors (Lipinski definition) is 1. The van der Waals surface area contributed by atoms with Crippen molar-refractivity contribution in [2.24, 2.45) is 0 Å². The summed E-state index contributed by atoms with van der Waals surface area (Å²) >= 11 is 0. The van der Waals surface area contributed by atoms with Gasteiger partial charge >= 0.3 is 0 Å². The van der Waals surface area contributed by atoms with Crippen LogP contribution in [0.4, 0.5) is 0 Å². The number of hydrogen-bond acceptors (Lipinski definition) is 4. The summed E-state index contributed by atoms with van der Waals surface area (Å²) in [6.07, 6.45) is 1.78. The van der Waals surface area contributed by atoms with Gasteiger partial charge in [0.1, 0.15) is 16.8 Å². The summed E-state index contributed by atoms with van der Waals surface area (Å²) in [4.78, 5) is 14.3. The van der Waals surface area contributed by atoms with Crippen LogP contribution in [0.15, 0.2) is 22.9 Å². The Kier molecular flexibility index (Phi) is 1.33. The van der Waals surface area contributed by atoms with E-state index in [-0.39, 0.29) is 11.3 Å². The van der Waals surface area contributed by atoms with Crippen LogP contribution in [0, 0.1) is 0 Å². The second-order valence-electron chi connectivity index (χ2n) is 2.32. The number of rotatable bonds is 1. The molecule has 0 saturated carbocycles. The number of aromatic hydroxyl groups is 1. The Morgan fingerprint density at radius 2 is 2.33 bits per heavy atom. The Hall–Kier alpha value is -1.84. The lowest BCUT2D eigenvalue weighted by molar-refractivity contribution is 0.112. The Morgan fingerprint density at radius 3 is 3.08 bits per heavy atom. The number of oxazole rings is 1. The van der Waals surface area contributed by atoms with Gasteiger partial charge in [-0.3, -0.25) is 4.79 Å². The third-order valence-electron chi connectivity index (χ3n) is 1.63. The van der Waals surface area contributed by atoms with Crippen molar-refractivity contribution in [3.05, 3.63) is 24.1 Å². The minimum absolute atomic E-state index is 0.0887. The highest BCUT2D eigenvalue weighted by Crippen LogP contribution is 2.24. The van der Waals surface area contributed by atoms with Gasteiger partial charge in [0.25, 0.3) is 0 Å². The van der Waals surface area contributed by atoms with Gasteiger partial charge in [0, 0.05) is 0 Å². The van der Waals surface area contributed by atoms with Gasteiger partial charge in [-0.15, -0.1) is 0 Å². The largest absolute Gasteiger partial charge is 0.507 e. The molecule has 60 valence electrons. The number of carbonyl (C=O) groups is 1. The molecule has 2 rings (SSSR count). The van der Waals surface area contributed by atoms with E-state index in [2.05, 4.69) is 4.98 Å². The molecule has 0 aliphatic carbocycles. The van der Waals surface area contributed by atoms with Crippen molar-refractivity contribution >= 4 is 17.4 Å². The summed E-state index contributed by atoms with van der Waals surface area (Å²) < 4.78 is 4.92. The second-order valence-corrected chi connectivity index (χ2v) is 2.32. The lowest BCUT2D eigenvalue weighted by atomic mass is 10.2. The highest BCUT2D eigenvalue weighted by atomic mass is 16.3. The summed E-state index contributed by atoms with van der Waals surface area (Å²) in [5, 5.41) is 9.21. The number of nitrogens with zero attached hydrogens (tertiary/aromatic N) is 1. The van der Waals surface area contributed by atoms with Crippen molar-refractivity contribution in [1.29, 1.82) is 0 Å². The Balaban J connectivity index is 2.91. The maximum atomic E-state index is 10.5. The molecule has 4 heteroatoms. The van der Waals surface area contributed by atoms with E-state index in [0.29, 0.717) is 17.4 Å². The second kappa shape index (κ2) is 2.34. The van der Waals surface area contributed by atoms with Crippen LogP contribution in [0.25, 0.3) is 11.1 Å². The van der Waals surface area contributed by atoms with E-state index in [1.165, 1.54) is 12.5 Å². The zero-order chi connectivity index (χ0) is 8.55. The van der Waals surface area contributed by atoms with Crippen LogP contribution in [0.1, 0.15) is 10.4 Å². The summed E-state index contributed by atoms with van der Waals surface area (Å²) in [5.74, 6) is -0.0887. The van der Waals surface area contributed by atoms with E-state index in [1.54, 1.807) is 6.07 Å². The van der Waals surface area contributed by atoms with Crippen LogP contribution in [0.3, 0.4) is 0 Å². The summed E-state index contributed by atoms with van der Waals surface area (Å²) in [6.45, 7) is 0. The van der Waals surface area contributed by atoms with Gasteiger partial charge in [0.05, 0.1) is 0 Å². The summed E-state index contributed by atoms with van der Waals surface area (Å²) in [5.41, 5.74) is 1.03. The molecule has 0 amide bonds. The molecule has 1 aromatic heterocycles. The van der Waals surface area contributed by atoms with Crippen molar-refractivity contribution in [1.82, 2.24) is 4.98 Å². The third-order valence-corrected chi connectivity index (χ3v) is 1.63. The molecule has 1 aromatic carbocycles. The predicted octanol–water partition coefficient (Wildman–Crippen LogP) is 1.35. The van der Waals surface area contributed by atoms with E-state index in [4.69, 9.17) is 4.42 Å². The standard InChI is InChI=1S/C8H5NO3/c10-3-5-7(11)2-1-6-8(5)12-4-9-6/h1-4,11H. The minimum atomic E-state index is -0.0887. The molecule has 1 heterocycles. The van der Waals surface area contributed by atoms with Gasteiger partial charge < -0.3 is 9.52 Å². The molecule has 0 saturated heterocycles. The highest BCUT2D eigenvalue weighted by molar-refractivity contribution is 5.95. The van der Waals surface area contributed by atoms with E-state index in [1.807, 2.05) is 0 Å². The molecule has 0 spiro atoms. The van der Waals surface area contributed by atoms with Crippen molar-refractivity contribution in [2.45, 2.75) is 0 Å². The molecular formula is C8H5NO3. The van der Waals surface area contributed by atoms with Crippen molar-refractivity contribution in [3.8, 4) is 5.75 Å². The maximum Gasteiger partial charge on any atom is 0.182 e. The zero-order valence-corrected chi connectivity index (χ0v) is 6.02. The van der Waals surface area contributed by atoms with Gasteiger partial charge in [0.15, 0.2) is 18.3 Å². The molecule has 1 N–H and O–H groups in total. The van der Waals surface area contributed by atoms with Gasteiger partial charge in [-0.2, -0.15) is 0 Å². The molecule has 0 fully saturated rings. The van der Waals surface area contributed by atoms with Gasteiger partial charge in [-0.1, -0.05) is 0 Å². The third kappa shape index (κ3) is 0.780. The normalized spacial score (nSPS) is 10.3. The van der Waals surface area contributed by atoms with E-state index < -0.39 is 0 Å². The molecule has 4 nitrogen and oxygen atoms in total. The predicted molar refractivity (Wildman–Crippen MR) is 41.1 cm³/mol.